The fraction of sp³-hybridized carbons (Fsp3) is 0.133. The summed E-state index contributed by atoms with van der Waals surface area (Å²) in [4.78, 5) is 11.8. The molecule has 116 valence electrons. The van der Waals surface area contributed by atoms with Crippen LogP contribution in [-0.2, 0) is 11.4 Å². The number of nitrogens with one attached hydrogen (secondary N) is 1. The van der Waals surface area contributed by atoms with Crippen molar-refractivity contribution >= 4 is 50.7 Å². The molecule has 2 N–H and O–H groups in total. The molecule has 0 saturated heterocycles. The average Bonchev–Trinajstić information content (AvgIpc) is 2.49. The maximum atomic E-state index is 11.8. The molecule has 0 fully saturated rings. The summed E-state index contributed by atoms with van der Waals surface area (Å²) in [6, 6.07) is 9.95. The zero-order chi connectivity index (χ0) is 16.1. The number of hydrogen-bond acceptors (Lipinski definition) is 3. The molecule has 1 amide bonds. The SMILES string of the molecule is O=C(COc1ccc(CO)cc1Br)Nc1ccc(Cl)c(Cl)c1. The highest BCUT2D eigenvalue weighted by molar-refractivity contribution is 9.10. The summed E-state index contributed by atoms with van der Waals surface area (Å²) >= 11 is 15.0. The van der Waals surface area contributed by atoms with E-state index < -0.39 is 0 Å². The number of aliphatic hydroxyl groups excluding tert-OH is 1. The van der Waals surface area contributed by atoms with Gasteiger partial charge in [-0.25, -0.2) is 0 Å². The summed E-state index contributed by atoms with van der Waals surface area (Å²) in [7, 11) is 0. The van der Waals surface area contributed by atoms with Gasteiger partial charge in [-0.1, -0.05) is 29.3 Å². The summed E-state index contributed by atoms with van der Waals surface area (Å²) in [6.07, 6.45) is 0. The number of anilines is 1. The fourth-order valence-corrected chi connectivity index (χ4v) is 2.51. The topological polar surface area (TPSA) is 58.6 Å². The van der Waals surface area contributed by atoms with E-state index in [-0.39, 0.29) is 19.1 Å². The Morgan fingerprint density at radius 3 is 2.59 bits per heavy atom. The Bertz CT molecular complexity index is 694. The maximum Gasteiger partial charge on any atom is 0.262 e. The number of carbonyl (C=O) groups excluding carboxylic acids is 1. The average molecular weight is 405 g/mol. The quantitative estimate of drug-likeness (QED) is 0.782. The van der Waals surface area contributed by atoms with Gasteiger partial charge in [0.25, 0.3) is 5.91 Å². The molecule has 2 aromatic rings. The lowest BCUT2D eigenvalue weighted by molar-refractivity contribution is -0.118. The van der Waals surface area contributed by atoms with Gasteiger partial charge in [0.15, 0.2) is 6.61 Å². The first-order chi connectivity index (χ1) is 10.5. The number of halogens is 3. The third kappa shape index (κ3) is 4.61. The molecule has 7 heteroatoms. The van der Waals surface area contributed by atoms with Gasteiger partial charge in [0.2, 0.25) is 0 Å². The van der Waals surface area contributed by atoms with E-state index >= 15 is 0 Å². The first kappa shape index (κ1) is 17.1. The molecule has 0 saturated carbocycles. The Labute approximate surface area is 146 Å². The van der Waals surface area contributed by atoms with Crippen molar-refractivity contribution in [2.24, 2.45) is 0 Å². The summed E-state index contributed by atoms with van der Waals surface area (Å²) in [6.45, 7) is -0.214. The summed E-state index contributed by atoms with van der Waals surface area (Å²) in [5.41, 5.74) is 1.29. The third-order valence-electron chi connectivity index (χ3n) is 2.74. The first-order valence-corrected chi connectivity index (χ1v) is 7.81. The molecule has 0 bridgehead atoms. The van der Waals surface area contributed by atoms with Crippen molar-refractivity contribution in [3.05, 3.63) is 56.5 Å². The Morgan fingerprint density at radius 1 is 1.18 bits per heavy atom. The number of carbonyl (C=O) groups is 1. The maximum absolute atomic E-state index is 11.8. The normalized spacial score (nSPS) is 10.4. The van der Waals surface area contributed by atoms with Crippen LogP contribution in [0, 0.1) is 0 Å². The van der Waals surface area contributed by atoms with Crippen LogP contribution in [0.4, 0.5) is 5.69 Å². The van der Waals surface area contributed by atoms with Gasteiger partial charge in [-0.2, -0.15) is 0 Å². The smallest absolute Gasteiger partial charge is 0.262 e. The van der Waals surface area contributed by atoms with Gasteiger partial charge >= 0.3 is 0 Å². The van der Waals surface area contributed by atoms with E-state index in [2.05, 4.69) is 21.2 Å². The minimum atomic E-state index is -0.323. The van der Waals surface area contributed by atoms with E-state index in [1.54, 1.807) is 36.4 Å². The van der Waals surface area contributed by atoms with Crippen LogP contribution in [0.5, 0.6) is 5.75 Å². The van der Waals surface area contributed by atoms with Crippen molar-refractivity contribution < 1.29 is 14.6 Å². The van der Waals surface area contributed by atoms with Gasteiger partial charge in [0.1, 0.15) is 5.75 Å². The molecule has 2 aromatic carbocycles. The van der Waals surface area contributed by atoms with Gasteiger partial charge in [0, 0.05) is 5.69 Å². The molecule has 0 heterocycles. The molecule has 0 aliphatic heterocycles. The van der Waals surface area contributed by atoms with E-state index in [4.69, 9.17) is 33.0 Å². The van der Waals surface area contributed by atoms with Gasteiger partial charge in [-0.05, 0) is 51.8 Å². The second-order valence-corrected chi connectivity index (χ2v) is 6.06. The molecule has 0 aromatic heterocycles. The zero-order valence-electron chi connectivity index (χ0n) is 11.3. The largest absolute Gasteiger partial charge is 0.483 e. The summed E-state index contributed by atoms with van der Waals surface area (Å²) in [5.74, 6) is 0.193. The van der Waals surface area contributed by atoms with E-state index in [9.17, 15) is 4.79 Å². The molecular weight excluding hydrogens is 393 g/mol. The predicted molar refractivity (Wildman–Crippen MR) is 90.7 cm³/mol. The van der Waals surface area contributed by atoms with Crippen LogP contribution >= 0.6 is 39.1 Å². The van der Waals surface area contributed by atoms with E-state index in [1.165, 1.54) is 0 Å². The predicted octanol–water partition coefficient (Wildman–Crippen LogP) is 4.27. The molecule has 0 unspecified atom stereocenters. The molecule has 2 rings (SSSR count). The Kier molecular flexibility index (Phi) is 6.08. The van der Waals surface area contributed by atoms with E-state index in [1.807, 2.05) is 0 Å². The van der Waals surface area contributed by atoms with Crippen LogP contribution < -0.4 is 10.1 Å². The Hall–Kier alpha value is -1.27. The van der Waals surface area contributed by atoms with Crippen molar-refractivity contribution in [1.29, 1.82) is 0 Å². The van der Waals surface area contributed by atoms with Crippen molar-refractivity contribution in [3.8, 4) is 5.75 Å². The Morgan fingerprint density at radius 2 is 1.95 bits per heavy atom. The van der Waals surface area contributed by atoms with Crippen LogP contribution in [-0.4, -0.2) is 17.6 Å². The van der Waals surface area contributed by atoms with Crippen molar-refractivity contribution in [2.45, 2.75) is 6.61 Å². The standard InChI is InChI=1S/C15H12BrCl2NO3/c16-11-5-9(7-20)1-4-14(11)22-8-15(21)19-10-2-3-12(17)13(18)6-10/h1-6,20H,7-8H2,(H,19,21). The van der Waals surface area contributed by atoms with E-state index in [0.29, 0.717) is 26.0 Å². The highest BCUT2D eigenvalue weighted by atomic mass is 79.9. The molecule has 22 heavy (non-hydrogen) atoms. The van der Waals surface area contributed by atoms with Crippen LogP contribution in [0.1, 0.15) is 5.56 Å². The van der Waals surface area contributed by atoms with Gasteiger partial charge in [-0.3, -0.25) is 4.79 Å². The number of rotatable bonds is 5. The molecular formula is C15H12BrCl2NO3. The van der Waals surface area contributed by atoms with E-state index in [0.717, 1.165) is 5.56 Å². The number of hydrogen-bond donors (Lipinski definition) is 2. The molecule has 4 nitrogen and oxygen atoms in total. The monoisotopic (exact) mass is 403 g/mol. The molecule has 0 spiro atoms. The zero-order valence-corrected chi connectivity index (χ0v) is 14.4. The minimum absolute atomic E-state index is 0.0588. The highest BCUT2D eigenvalue weighted by Gasteiger charge is 2.08. The summed E-state index contributed by atoms with van der Waals surface area (Å²) in [5, 5.41) is 12.5. The van der Waals surface area contributed by atoms with Crippen LogP contribution in [0.15, 0.2) is 40.9 Å². The number of amides is 1. The van der Waals surface area contributed by atoms with Crippen LogP contribution in [0.25, 0.3) is 0 Å². The van der Waals surface area contributed by atoms with Crippen molar-refractivity contribution in [3.63, 3.8) is 0 Å². The lowest BCUT2D eigenvalue weighted by Gasteiger charge is -2.10. The molecule has 0 atom stereocenters. The number of aliphatic hydroxyl groups is 1. The fourth-order valence-electron chi connectivity index (χ4n) is 1.67. The number of ether oxygens (including phenoxy) is 1. The Balaban J connectivity index is 1.93. The van der Waals surface area contributed by atoms with Crippen molar-refractivity contribution in [1.82, 2.24) is 0 Å². The molecule has 0 aliphatic rings. The second kappa shape index (κ2) is 7.83. The number of benzene rings is 2. The van der Waals surface area contributed by atoms with Crippen molar-refractivity contribution in [2.75, 3.05) is 11.9 Å². The third-order valence-corrected chi connectivity index (χ3v) is 4.10. The molecule has 0 radical (unpaired) electrons. The minimum Gasteiger partial charge on any atom is -0.483 e. The van der Waals surface area contributed by atoms with Gasteiger partial charge in [-0.15, -0.1) is 0 Å². The second-order valence-electron chi connectivity index (χ2n) is 4.39. The highest BCUT2D eigenvalue weighted by Crippen LogP contribution is 2.27. The first-order valence-electron chi connectivity index (χ1n) is 6.26. The lowest BCUT2D eigenvalue weighted by Crippen LogP contribution is -2.20. The van der Waals surface area contributed by atoms with Gasteiger partial charge in [0.05, 0.1) is 21.1 Å². The summed E-state index contributed by atoms with van der Waals surface area (Å²) < 4.78 is 6.09. The van der Waals surface area contributed by atoms with Crippen LogP contribution in [0.2, 0.25) is 10.0 Å². The molecule has 0 aliphatic carbocycles. The van der Waals surface area contributed by atoms with Gasteiger partial charge < -0.3 is 15.2 Å². The van der Waals surface area contributed by atoms with Crippen LogP contribution in [0.3, 0.4) is 0 Å². The lowest BCUT2D eigenvalue weighted by atomic mass is 10.2.